The molecule has 0 saturated heterocycles. The van der Waals surface area contributed by atoms with Gasteiger partial charge in [0.1, 0.15) is 0 Å². The molecule has 0 amide bonds. The second kappa shape index (κ2) is 3.38. The predicted molar refractivity (Wildman–Crippen MR) is 42.8 cm³/mol. The Morgan fingerprint density at radius 2 is 2.00 bits per heavy atom. The molecule has 0 spiro atoms. The SMILES string of the molecule is CC(C)[C@H]1CCC[C@@H](O)C1. The van der Waals surface area contributed by atoms with E-state index in [2.05, 4.69) is 13.8 Å². The van der Waals surface area contributed by atoms with Gasteiger partial charge in [-0.15, -0.1) is 0 Å². The third-order valence-corrected chi connectivity index (χ3v) is 2.63. The maximum atomic E-state index is 9.33. The molecular weight excluding hydrogens is 124 g/mol. The molecule has 1 rings (SSSR count). The lowest BCUT2D eigenvalue weighted by molar-refractivity contribution is 0.0858. The van der Waals surface area contributed by atoms with Gasteiger partial charge in [-0.25, -0.2) is 0 Å². The molecule has 1 aliphatic carbocycles. The Kier molecular flexibility index (Phi) is 2.72. The van der Waals surface area contributed by atoms with Crippen LogP contribution in [-0.4, -0.2) is 11.2 Å². The highest BCUT2D eigenvalue weighted by Gasteiger charge is 2.21. The van der Waals surface area contributed by atoms with Gasteiger partial charge in [0.25, 0.3) is 0 Å². The molecule has 0 aromatic heterocycles. The molecule has 0 aliphatic heterocycles. The summed E-state index contributed by atoms with van der Waals surface area (Å²) in [6, 6.07) is 0. The molecule has 1 fully saturated rings. The Morgan fingerprint density at radius 1 is 1.30 bits per heavy atom. The fourth-order valence-electron chi connectivity index (χ4n) is 1.81. The fraction of sp³-hybridized carbons (Fsp3) is 1.00. The molecule has 0 heterocycles. The van der Waals surface area contributed by atoms with E-state index in [0.717, 1.165) is 24.7 Å². The Hall–Kier alpha value is -0.0400. The average molecular weight is 142 g/mol. The van der Waals surface area contributed by atoms with E-state index in [1.807, 2.05) is 0 Å². The number of hydrogen-bond donors (Lipinski definition) is 1. The van der Waals surface area contributed by atoms with Crippen LogP contribution < -0.4 is 0 Å². The van der Waals surface area contributed by atoms with Crippen LogP contribution in [0.3, 0.4) is 0 Å². The Labute approximate surface area is 63.4 Å². The normalized spacial score (nSPS) is 34.8. The zero-order chi connectivity index (χ0) is 7.56. The fourth-order valence-corrected chi connectivity index (χ4v) is 1.81. The second-order valence-corrected chi connectivity index (χ2v) is 3.82. The summed E-state index contributed by atoms with van der Waals surface area (Å²) in [4.78, 5) is 0. The summed E-state index contributed by atoms with van der Waals surface area (Å²) in [7, 11) is 0. The molecule has 1 nitrogen and oxygen atoms in total. The lowest BCUT2D eigenvalue weighted by Gasteiger charge is -2.28. The molecular formula is C9H18O. The van der Waals surface area contributed by atoms with Gasteiger partial charge in [0.2, 0.25) is 0 Å². The summed E-state index contributed by atoms with van der Waals surface area (Å²) in [5.74, 6) is 1.54. The lowest BCUT2D eigenvalue weighted by Crippen LogP contribution is -2.22. The molecule has 2 atom stereocenters. The molecule has 0 radical (unpaired) electrons. The molecule has 60 valence electrons. The van der Waals surface area contributed by atoms with Crippen molar-refractivity contribution >= 4 is 0 Å². The summed E-state index contributed by atoms with van der Waals surface area (Å²) in [6.45, 7) is 4.51. The highest BCUT2D eigenvalue weighted by Crippen LogP contribution is 2.29. The maximum absolute atomic E-state index is 9.33. The third-order valence-electron chi connectivity index (χ3n) is 2.63. The van der Waals surface area contributed by atoms with E-state index in [1.165, 1.54) is 12.8 Å². The van der Waals surface area contributed by atoms with E-state index in [1.54, 1.807) is 0 Å². The zero-order valence-electron chi connectivity index (χ0n) is 7.01. The first-order valence-electron chi connectivity index (χ1n) is 4.38. The van der Waals surface area contributed by atoms with Crippen LogP contribution in [0.5, 0.6) is 0 Å². The van der Waals surface area contributed by atoms with Crippen molar-refractivity contribution in [2.75, 3.05) is 0 Å². The number of aliphatic hydroxyl groups is 1. The van der Waals surface area contributed by atoms with Crippen molar-refractivity contribution in [3.63, 3.8) is 0 Å². The summed E-state index contributed by atoms with van der Waals surface area (Å²) < 4.78 is 0. The minimum absolute atomic E-state index is 0.00106. The first-order valence-corrected chi connectivity index (χ1v) is 4.38. The van der Waals surface area contributed by atoms with Gasteiger partial charge in [-0.1, -0.05) is 26.7 Å². The quantitative estimate of drug-likeness (QED) is 0.595. The Balaban J connectivity index is 2.32. The smallest absolute Gasteiger partial charge is 0.0543 e. The molecule has 1 aliphatic rings. The van der Waals surface area contributed by atoms with E-state index in [4.69, 9.17) is 0 Å². The molecule has 0 bridgehead atoms. The lowest BCUT2D eigenvalue weighted by atomic mass is 9.80. The van der Waals surface area contributed by atoms with Crippen molar-refractivity contribution in [1.29, 1.82) is 0 Å². The van der Waals surface area contributed by atoms with Gasteiger partial charge in [-0.2, -0.15) is 0 Å². The predicted octanol–water partition coefficient (Wildman–Crippen LogP) is 2.19. The summed E-state index contributed by atoms with van der Waals surface area (Å²) in [5.41, 5.74) is 0. The van der Waals surface area contributed by atoms with Gasteiger partial charge in [0.05, 0.1) is 6.10 Å². The van der Waals surface area contributed by atoms with Gasteiger partial charge in [0, 0.05) is 0 Å². The van der Waals surface area contributed by atoms with Crippen LogP contribution in [-0.2, 0) is 0 Å². The average Bonchev–Trinajstić information content (AvgIpc) is 1.88. The van der Waals surface area contributed by atoms with Gasteiger partial charge >= 0.3 is 0 Å². The van der Waals surface area contributed by atoms with Gasteiger partial charge in [-0.05, 0) is 24.7 Å². The van der Waals surface area contributed by atoms with Crippen molar-refractivity contribution in [3.8, 4) is 0 Å². The van der Waals surface area contributed by atoms with E-state index in [0.29, 0.717) is 0 Å². The van der Waals surface area contributed by atoms with E-state index >= 15 is 0 Å². The number of aliphatic hydroxyl groups excluding tert-OH is 1. The van der Waals surface area contributed by atoms with E-state index < -0.39 is 0 Å². The highest BCUT2D eigenvalue weighted by molar-refractivity contribution is 4.73. The van der Waals surface area contributed by atoms with Gasteiger partial charge in [-0.3, -0.25) is 0 Å². The minimum atomic E-state index is 0.00106. The first-order chi connectivity index (χ1) is 4.70. The monoisotopic (exact) mass is 142 g/mol. The largest absolute Gasteiger partial charge is 0.393 e. The topological polar surface area (TPSA) is 20.2 Å². The van der Waals surface area contributed by atoms with E-state index in [-0.39, 0.29) is 6.10 Å². The Morgan fingerprint density at radius 3 is 2.40 bits per heavy atom. The minimum Gasteiger partial charge on any atom is -0.393 e. The van der Waals surface area contributed by atoms with Crippen LogP contribution in [0.2, 0.25) is 0 Å². The van der Waals surface area contributed by atoms with Crippen LogP contribution in [0.1, 0.15) is 39.5 Å². The number of rotatable bonds is 1. The molecule has 1 heteroatoms. The molecule has 1 saturated carbocycles. The second-order valence-electron chi connectivity index (χ2n) is 3.82. The molecule has 0 unspecified atom stereocenters. The van der Waals surface area contributed by atoms with Crippen molar-refractivity contribution in [3.05, 3.63) is 0 Å². The summed E-state index contributed by atoms with van der Waals surface area (Å²) >= 11 is 0. The van der Waals surface area contributed by atoms with Crippen LogP contribution in [0.4, 0.5) is 0 Å². The van der Waals surface area contributed by atoms with Gasteiger partial charge < -0.3 is 5.11 Å². The molecule has 0 aromatic carbocycles. The van der Waals surface area contributed by atoms with Crippen molar-refractivity contribution < 1.29 is 5.11 Å². The standard InChI is InChI=1S/C9H18O/c1-7(2)8-4-3-5-9(10)6-8/h7-10H,3-6H2,1-2H3/t8-,9+/m0/s1. The molecule has 10 heavy (non-hydrogen) atoms. The molecule has 0 aromatic rings. The van der Waals surface area contributed by atoms with Crippen LogP contribution in [0.25, 0.3) is 0 Å². The van der Waals surface area contributed by atoms with Crippen molar-refractivity contribution in [1.82, 2.24) is 0 Å². The van der Waals surface area contributed by atoms with Crippen LogP contribution in [0.15, 0.2) is 0 Å². The third kappa shape index (κ3) is 1.98. The maximum Gasteiger partial charge on any atom is 0.0543 e. The Bertz CT molecular complexity index is 98.9. The van der Waals surface area contributed by atoms with E-state index in [9.17, 15) is 5.11 Å². The zero-order valence-corrected chi connectivity index (χ0v) is 7.01. The van der Waals surface area contributed by atoms with Gasteiger partial charge in [0.15, 0.2) is 0 Å². The first kappa shape index (κ1) is 8.06. The summed E-state index contributed by atoms with van der Waals surface area (Å²) in [5, 5.41) is 9.33. The number of hydrogen-bond acceptors (Lipinski definition) is 1. The highest BCUT2D eigenvalue weighted by atomic mass is 16.3. The van der Waals surface area contributed by atoms with Crippen molar-refractivity contribution in [2.24, 2.45) is 11.8 Å². The summed E-state index contributed by atoms with van der Waals surface area (Å²) in [6.07, 6.45) is 4.63. The molecule has 1 N–H and O–H groups in total. The van der Waals surface area contributed by atoms with Crippen LogP contribution in [0, 0.1) is 11.8 Å². The van der Waals surface area contributed by atoms with Crippen molar-refractivity contribution in [2.45, 2.75) is 45.6 Å². The van der Waals surface area contributed by atoms with Crippen LogP contribution >= 0.6 is 0 Å².